The van der Waals surface area contributed by atoms with Crippen LogP contribution in [0.25, 0.3) is 0 Å². The van der Waals surface area contributed by atoms with Crippen LogP contribution in [0.4, 0.5) is 0 Å². The van der Waals surface area contributed by atoms with Gasteiger partial charge in [-0.25, -0.2) is 0 Å². The summed E-state index contributed by atoms with van der Waals surface area (Å²) in [7, 11) is 0. The van der Waals surface area contributed by atoms with Crippen LogP contribution in [0.5, 0.6) is 0 Å². The van der Waals surface area contributed by atoms with Gasteiger partial charge in [-0.2, -0.15) is 0 Å². The highest BCUT2D eigenvalue weighted by Gasteiger charge is 2.18. The topological polar surface area (TPSA) is 3.24 Å². The second-order valence-corrected chi connectivity index (χ2v) is 6.44. The zero-order valence-corrected chi connectivity index (χ0v) is 13.1. The molecule has 1 aromatic carbocycles. The van der Waals surface area contributed by atoms with Crippen molar-refractivity contribution < 1.29 is 0 Å². The highest BCUT2D eigenvalue weighted by molar-refractivity contribution is 9.09. The van der Waals surface area contributed by atoms with Gasteiger partial charge in [0.05, 0.1) is 0 Å². The maximum absolute atomic E-state index is 3.62. The Morgan fingerprint density at radius 3 is 2.61 bits per heavy atom. The lowest BCUT2D eigenvalue weighted by molar-refractivity contribution is 0.179. The monoisotopic (exact) mass is 309 g/mol. The summed E-state index contributed by atoms with van der Waals surface area (Å²) in [5.41, 5.74) is 2.89. The molecule has 1 unspecified atom stereocenters. The number of piperidine rings is 1. The van der Waals surface area contributed by atoms with Crippen molar-refractivity contribution in [3.05, 3.63) is 35.4 Å². The Balaban J connectivity index is 1.92. The van der Waals surface area contributed by atoms with Gasteiger partial charge in [0.15, 0.2) is 0 Å². The van der Waals surface area contributed by atoms with Crippen molar-refractivity contribution in [2.75, 3.05) is 18.4 Å². The Hall–Kier alpha value is -0.340. The molecule has 1 aliphatic heterocycles. The van der Waals surface area contributed by atoms with Crippen LogP contribution in [-0.2, 0) is 6.54 Å². The molecule has 0 radical (unpaired) electrons. The van der Waals surface area contributed by atoms with Crippen LogP contribution in [0.15, 0.2) is 24.3 Å². The van der Waals surface area contributed by atoms with Crippen molar-refractivity contribution in [2.24, 2.45) is 5.92 Å². The quantitative estimate of drug-likeness (QED) is 0.744. The predicted octanol–water partition coefficient (Wildman–Crippen LogP) is 4.42. The average Bonchev–Trinajstić information content (AvgIpc) is 2.39. The molecule has 0 spiro atoms. The van der Waals surface area contributed by atoms with Crippen molar-refractivity contribution >= 4 is 15.9 Å². The van der Waals surface area contributed by atoms with Gasteiger partial charge in [0, 0.05) is 18.4 Å². The molecule has 0 bridgehead atoms. The van der Waals surface area contributed by atoms with Crippen LogP contribution in [0.2, 0.25) is 0 Å². The Morgan fingerprint density at radius 2 is 2.00 bits per heavy atom. The molecule has 1 saturated heterocycles. The Bertz CT molecular complexity index is 358. The first-order valence-electron chi connectivity index (χ1n) is 7.06. The number of alkyl halides is 1. The summed E-state index contributed by atoms with van der Waals surface area (Å²) >= 11 is 3.62. The smallest absolute Gasteiger partial charge is 0.0233 e. The van der Waals surface area contributed by atoms with Crippen molar-refractivity contribution in [1.29, 1.82) is 0 Å². The number of benzene rings is 1. The molecule has 1 nitrogen and oxygen atoms in total. The summed E-state index contributed by atoms with van der Waals surface area (Å²) in [5, 5.41) is 1.15. The van der Waals surface area contributed by atoms with Crippen LogP contribution < -0.4 is 0 Å². The molecule has 1 atom stereocenters. The lowest BCUT2D eigenvalue weighted by atomic mass is 9.98. The second kappa shape index (κ2) is 6.72. The van der Waals surface area contributed by atoms with E-state index in [0.29, 0.717) is 5.92 Å². The van der Waals surface area contributed by atoms with E-state index in [1.165, 1.54) is 37.1 Å². The first kappa shape index (κ1) is 14.1. The molecule has 2 heteroatoms. The maximum Gasteiger partial charge on any atom is 0.0233 e. The average molecular weight is 310 g/mol. The number of hydrogen-bond acceptors (Lipinski definition) is 1. The third-order valence-corrected chi connectivity index (χ3v) is 4.79. The number of halogens is 1. The van der Waals surface area contributed by atoms with Crippen LogP contribution in [0, 0.1) is 5.92 Å². The minimum Gasteiger partial charge on any atom is -0.299 e. The van der Waals surface area contributed by atoms with Crippen LogP contribution >= 0.6 is 15.9 Å². The summed E-state index contributed by atoms with van der Waals surface area (Å²) in [5.74, 6) is 1.47. The van der Waals surface area contributed by atoms with Crippen molar-refractivity contribution in [1.82, 2.24) is 4.90 Å². The molecule has 0 amide bonds. The van der Waals surface area contributed by atoms with E-state index < -0.39 is 0 Å². The third kappa shape index (κ3) is 3.83. The Labute approximate surface area is 120 Å². The minimum atomic E-state index is 0.631. The standard InChI is InChI=1S/C16H24BrN/c1-13(2)16-7-5-14(6-8-16)11-18-9-3-4-15(10-17)12-18/h5-8,13,15H,3-4,9-12H2,1-2H3. The SMILES string of the molecule is CC(C)c1ccc(CN2CCCC(CBr)C2)cc1. The van der Waals surface area contributed by atoms with E-state index in [1.54, 1.807) is 0 Å². The zero-order chi connectivity index (χ0) is 13.0. The molecule has 18 heavy (non-hydrogen) atoms. The normalized spacial score (nSPS) is 21.4. The molecule has 100 valence electrons. The summed E-state index contributed by atoms with van der Waals surface area (Å²) in [6, 6.07) is 9.16. The summed E-state index contributed by atoms with van der Waals surface area (Å²) < 4.78 is 0. The van der Waals surface area contributed by atoms with Crippen LogP contribution in [0.1, 0.15) is 43.7 Å². The molecule has 1 heterocycles. The van der Waals surface area contributed by atoms with Crippen molar-refractivity contribution in [3.63, 3.8) is 0 Å². The minimum absolute atomic E-state index is 0.631. The van der Waals surface area contributed by atoms with Crippen LogP contribution in [-0.4, -0.2) is 23.3 Å². The number of hydrogen-bond donors (Lipinski definition) is 0. The first-order chi connectivity index (χ1) is 8.69. The molecule has 1 fully saturated rings. The fourth-order valence-electron chi connectivity index (χ4n) is 2.69. The van der Waals surface area contributed by atoms with E-state index in [9.17, 15) is 0 Å². The zero-order valence-electron chi connectivity index (χ0n) is 11.5. The molecule has 1 aromatic rings. The van der Waals surface area contributed by atoms with E-state index in [2.05, 4.69) is 58.9 Å². The largest absolute Gasteiger partial charge is 0.299 e. The molecular weight excluding hydrogens is 286 g/mol. The summed E-state index contributed by atoms with van der Waals surface area (Å²) in [4.78, 5) is 2.60. The molecule has 0 aliphatic carbocycles. The second-order valence-electron chi connectivity index (χ2n) is 5.79. The number of likely N-dealkylation sites (tertiary alicyclic amines) is 1. The van der Waals surface area contributed by atoms with Gasteiger partial charge in [-0.05, 0) is 42.3 Å². The molecular formula is C16H24BrN. The Kier molecular flexibility index (Phi) is 5.25. The highest BCUT2D eigenvalue weighted by Crippen LogP contribution is 2.21. The van der Waals surface area contributed by atoms with Crippen molar-refractivity contribution in [3.8, 4) is 0 Å². The van der Waals surface area contributed by atoms with Gasteiger partial charge in [0.1, 0.15) is 0 Å². The highest BCUT2D eigenvalue weighted by atomic mass is 79.9. The predicted molar refractivity (Wildman–Crippen MR) is 82.3 cm³/mol. The van der Waals surface area contributed by atoms with Gasteiger partial charge in [-0.15, -0.1) is 0 Å². The molecule has 1 aliphatic rings. The van der Waals surface area contributed by atoms with Gasteiger partial charge in [0.25, 0.3) is 0 Å². The fourth-order valence-corrected chi connectivity index (χ4v) is 3.22. The van der Waals surface area contributed by atoms with Gasteiger partial charge in [-0.1, -0.05) is 54.0 Å². The van der Waals surface area contributed by atoms with E-state index in [0.717, 1.165) is 17.8 Å². The molecule has 0 saturated carbocycles. The third-order valence-electron chi connectivity index (χ3n) is 3.87. The van der Waals surface area contributed by atoms with Gasteiger partial charge in [-0.3, -0.25) is 4.90 Å². The summed E-state index contributed by atoms with van der Waals surface area (Å²) in [6.07, 6.45) is 2.73. The lowest BCUT2D eigenvalue weighted by Gasteiger charge is -2.31. The number of nitrogens with zero attached hydrogens (tertiary/aromatic N) is 1. The number of rotatable bonds is 4. The van der Waals surface area contributed by atoms with Gasteiger partial charge in [0.2, 0.25) is 0 Å². The van der Waals surface area contributed by atoms with E-state index in [-0.39, 0.29) is 0 Å². The van der Waals surface area contributed by atoms with Gasteiger partial charge < -0.3 is 0 Å². The first-order valence-corrected chi connectivity index (χ1v) is 8.18. The van der Waals surface area contributed by atoms with E-state index in [4.69, 9.17) is 0 Å². The van der Waals surface area contributed by atoms with Gasteiger partial charge >= 0.3 is 0 Å². The Morgan fingerprint density at radius 1 is 1.28 bits per heavy atom. The van der Waals surface area contributed by atoms with Crippen LogP contribution in [0.3, 0.4) is 0 Å². The molecule has 0 N–H and O–H groups in total. The molecule has 2 rings (SSSR count). The maximum atomic E-state index is 3.62. The summed E-state index contributed by atoms with van der Waals surface area (Å²) in [6.45, 7) is 8.12. The fraction of sp³-hybridized carbons (Fsp3) is 0.625. The van der Waals surface area contributed by atoms with Crippen molar-refractivity contribution in [2.45, 2.75) is 39.2 Å². The van der Waals surface area contributed by atoms with E-state index in [1.807, 2.05) is 0 Å². The molecule has 0 aromatic heterocycles. The van der Waals surface area contributed by atoms with E-state index >= 15 is 0 Å². The lowest BCUT2D eigenvalue weighted by Crippen LogP contribution is -2.35.